The number of alkyl halides is 3. The van der Waals surface area contributed by atoms with E-state index in [9.17, 15) is 18.0 Å². The lowest BCUT2D eigenvalue weighted by molar-refractivity contribution is -0.138. The van der Waals surface area contributed by atoms with Gasteiger partial charge in [-0.1, -0.05) is 13.8 Å². The van der Waals surface area contributed by atoms with Gasteiger partial charge in [-0.2, -0.15) is 13.2 Å². The van der Waals surface area contributed by atoms with Crippen molar-refractivity contribution in [1.29, 1.82) is 0 Å². The van der Waals surface area contributed by atoms with Crippen LogP contribution in [0.3, 0.4) is 0 Å². The number of nitrogens with zero attached hydrogens (tertiary/aromatic N) is 1. The van der Waals surface area contributed by atoms with Crippen molar-refractivity contribution >= 4 is 5.78 Å². The van der Waals surface area contributed by atoms with Gasteiger partial charge in [0.15, 0.2) is 5.78 Å². The molecule has 0 aliphatic heterocycles. The number of halogens is 3. The molecular weight excluding hydrogens is 245 g/mol. The Morgan fingerprint density at radius 3 is 2.56 bits per heavy atom. The van der Waals surface area contributed by atoms with Gasteiger partial charge in [-0.3, -0.25) is 9.78 Å². The molecule has 0 aromatic carbocycles. The summed E-state index contributed by atoms with van der Waals surface area (Å²) in [5.41, 5.74) is 4.17. The Bertz CT molecular complexity index is 430. The van der Waals surface area contributed by atoms with Gasteiger partial charge < -0.3 is 5.73 Å². The molecule has 1 aromatic rings. The summed E-state index contributed by atoms with van der Waals surface area (Å²) in [6.45, 7) is 3.70. The summed E-state index contributed by atoms with van der Waals surface area (Å²) in [6, 6.07) is -0.148. The second-order valence-electron chi connectivity index (χ2n) is 4.52. The minimum atomic E-state index is -4.58. The number of Topliss-reactive ketones (excluding diaryl/α,β-unsaturated/α-hetero) is 1. The molecule has 18 heavy (non-hydrogen) atoms. The Balaban J connectivity index is 3.06. The highest BCUT2D eigenvalue weighted by molar-refractivity contribution is 6.01. The van der Waals surface area contributed by atoms with Gasteiger partial charge in [0.1, 0.15) is 0 Å². The predicted octanol–water partition coefficient (Wildman–Crippen LogP) is 2.66. The number of carbonyl (C=O) groups excluding carboxylic acids is 1. The molecule has 0 spiro atoms. The summed E-state index contributed by atoms with van der Waals surface area (Å²) in [5.74, 6) is -0.584. The lowest BCUT2D eigenvalue weighted by Crippen LogP contribution is -2.33. The monoisotopic (exact) mass is 260 g/mol. The quantitative estimate of drug-likeness (QED) is 0.847. The average Bonchev–Trinajstić information content (AvgIpc) is 2.26. The number of hydrogen-bond donors (Lipinski definition) is 1. The summed E-state index contributed by atoms with van der Waals surface area (Å²) in [5, 5.41) is 0. The number of rotatable bonds is 4. The van der Waals surface area contributed by atoms with Gasteiger partial charge in [-0.15, -0.1) is 0 Å². The zero-order chi connectivity index (χ0) is 13.9. The van der Waals surface area contributed by atoms with E-state index in [1.54, 1.807) is 0 Å². The van der Waals surface area contributed by atoms with E-state index in [-0.39, 0.29) is 5.92 Å². The second-order valence-corrected chi connectivity index (χ2v) is 4.52. The van der Waals surface area contributed by atoms with Crippen LogP contribution in [-0.4, -0.2) is 16.8 Å². The maximum absolute atomic E-state index is 12.7. The molecule has 0 saturated carbocycles. The summed E-state index contributed by atoms with van der Waals surface area (Å²) in [4.78, 5) is 15.4. The molecule has 0 amide bonds. The van der Waals surface area contributed by atoms with Crippen LogP contribution in [0.15, 0.2) is 18.5 Å². The lowest BCUT2D eigenvalue weighted by atomic mass is 9.95. The van der Waals surface area contributed by atoms with Gasteiger partial charge >= 0.3 is 6.18 Å². The molecule has 0 aliphatic carbocycles. The van der Waals surface area contributed by atoms with Gasteiger partial charge in [0.25, 0.3) is 0 Å². The minimum Gasteiger partial charge on any atom is -0.321 e. The Kier molecular flexibility index (Phi) is 4.45. The standard InChI is InChI=1S/C12H15F3N2O/c1-7(2)5-10(16)11(18)8-6-17-4-3-9(8)12(13,14)15/h3-4,6-7,10H,5,16H2,1-2H3. The van der Waals surface area contributed by atoms with Crippen LogP contribution in [0, 0.1) is 5.92 Å². The molecule has 3 nitrogen and oxygen atoms in total. The van der Waals surface area contributed by atoms with Crippen LogP contribution in [-0.2, 0) is 6.18 Å². The first-order valence-corrected chi connectivity index (χ1v) is 5.54. The molecule has 0 bridgehead atoms. The summed E-state index contributed by atoms with van der Waals surface area (Å²) in [6.07, 6.45) is -2.31. The van der Waals surface area contributed by atoms with Crippen molar-refractivity contribution in [3.05, 3.63) is 29.6 Å². The van der Waals surface area contributed by atoms with Gasteiger partial charge in [-0.25, -0.2) is 0 Å². The zero-order valence-corrected chi connectivity index (χ0v) is 10.2. The van der Waals surface area contributed by atoms with Gasteiger partial charge in [0, 0.05) is 18.0 Å². The van der Waals surface area contributed by atoms with E-state index in [0.29, 0.717) is 6.42 Å². The molecule has 0 saturated heterocycles. The molecule has 1 aromatic heterocycles. The van der Waals surface area contributed by atoms with Crippen molar-refractivity contribution in [3.63, 3.8) is 0 Å². The lowest BCUT2D eigenvalue weighted by Gasteiger charge is -2.16. The molecule has 1 rings (SSSR count). The van der Waals surface area contributed by atoms with Crippen molar-refractivity contribution < 1.29 is 18.0 Å². The number of nitrogens with two attached hydrogens (primary N) is 1. The van der Waals surface area contributed by atoms with Crippen LogP contribution in [0.5, 0.6) is 0 Å². The Hall–Kier alpha value is -1.43. The first-order valence-electron chi connectivity index (χ1n) is 5.54. The maximum Gasteiger partial charge on any atom is 0.417 e. The Morgan fingerprint density at radius 1 is 1.44 bits per heavy atom. The highest BCUT2D eigenvalue weighted by Gasteiger charge is 2.36. The fraction of sp³-hybridized carbons (Fsp3) is 0.500. The Morgan fingerprint density at radius 2 is 2.06 bits per heavy atom. The van der Waals surface area contributed by atoms with Gasteiger partial charge in [-0.05, 0) is 18.4 Å². The van der Waals surface area contributed by atoms with E-state index in [4.69, 9.17) is 5.73 Å². The normalized spacial score (nSPS) is 13.7. The van der Waals surface area contributed by atoms with Crippen molar-refractivity contribution in [2.75, 3.05) is 0 Å². The van der Waals surface area contributed by atoms with Crippen molar-refractivity contribution in [1.82, 2.24) is 4.98 Å². The van der Waals surface area contributed by atoms with E-state index in [1.165, 1.54) is 0 Å². The van der Waals surface area contributed by atoms with E-state index in [0.717, 1.165) is 18.5 Å². The fourth-order valence-electron chi connectivity index (χ4n) is 1.65. The largest absolute Gasteiger partial charge is 0.417 e. The summed E-state index contributed by atoms with van der Waals surface area (Å²) < 4.78 is 38.1. The van der Waals surface area contributed by atoms with Crippen LogP contribution in [0.4, 0.5) is 13.2 Å². The van der Waals surface area contributed by atoms with E-state index in [2.05, 4.69) is 4.98 Å². The number of aromatic nitrogens is 1. The van der Waals surface area contributed by atoms with Gasteiger partial charge in [0.2, 0.25) is 0 Å². The third-order valence-corrected chi connectivity index (χ3v) is 2.45. The zero-order valence-electron chi connectivity index (χ0n) is 10.2. The molecule has 1 atom stereocenters. The average molecular weight is 260 g/mol. The van der Waals surface area contributed by atoms with Crippen LogP contribution in [0.2, 0.25) is 0 Å². The highest BCUT2D eigenvalue weighted by atomic mass is 19.4. The predicted molar refractivity (Wildman–Crippen MR) is 61.0 cm³/mol. The molecule has 6 heteroatoms. The fourth-order valence-corrected chi connectivity index (χ4v) is 1.65. The first-order chi connectivity index (χ1) is 8.23. The molecule has 2 N–H and O–H groups in total. The molecular formula is C12H15F3N2O. The van der Waals surface area contributed by atoms with Crippen molar-refractivity contribution in [2.24, 2.45) is 11.7 Å². The minimum absolute atomic E-state index is 0.134. The number of carbonyl (C=O) groups is 1. The number of pyridine rings is 1. The van der Waals surface area contributed by atoms with Crippen LogP contribution >= 0.6 is 0 Å². The molecule has 0 fully saturated rings. The van der Waals surface area contributed by atoms with E-state index < -0.39 is 29.1 Å². The van der Waals surface area contributed by atoms with Crippen LogP contribution < -0.4 is 5.73 Å². The number of ketones is 1. The SMILES string of the molecule is CC(C)CC(N)C(=O)c1cnccc1C(F)(F)F. The third-order valence-electron chi connectivity index (χ3n) is 2.45. The smallest absolute Gasteiger partial charge is 0.321 e. The highest BCUT2D eigenvalue weighted by Crippen LogP contribution is 2.32. The Labute approximate surface area is 103 Å². The number of hydrogen-bond acceptors (Lipinski definition) is 3. The van der Waals surface area contributed by atoms with Crippen molar-refractivity contribution in [2.45, 2.75) is 32.5 Å². The summed E-state index contributed by atoms with van der Waals surface area (Å²) in [7, 11) is 0. The topological polar surface area (TPSA) is 56.0 Å². The van der Waals surface area contributed by atoms with Crippen molar-refractivity contribution in [3.8, 4) is 0 Å². The van der Waals surface area contributed by atoms with E-state index in [1.807, 2.05) is 13.8 Å². The van der Waals surface area contributed by atoms with Crippen LogP contribution in [0.1, 0.15) is 36.2 Å². The second kappa shape index (κ2) is 5.48. The third kappa shape index (κ3) is 3.53. The maximum atomic E-state index is 12.7. The molecule has 0 aliphatic rings. The van der Waals surface area contributed by atoms with Crippen LogP contribution in [0.25, 0.3) is 0 Å². The summed E-state index contributed by atoms with van der Waals surface area (Å²) >= 11 is 0. The van der Waals surface area contributed by atoms with E-state index >= 15 is 0 Å². The molecule has 100 valence electrons. The first kappa shape index (κ1) is 14.6. The van der Waals surface area contributed by atoms with Gasteiger partial charge in [0.05, 0.1) is 11.6 Å². The molecule has 0 radical (unpaired) electrons. The molecule has 1 unspecified atom stereocenters. The molecule has 1 heterocycles.